The average Bonchev–Trinajstić information content (AvgIpc) is 3.17. The molecule has 0 bridgehead atoms. The quantitative estimate of drug-likeness (QED) is 0.499. The zero-order valence-electron chi connectivity index (χ0n) is 16.5. The molecule has 0 saturated carbocycles. The summed E-state index contributed by atoms with van der Waals surface area (Å²) in [5, 5.41) is 4.27. The molecule has 0 saturated heterocycles. The molecule has 2 N–H and O–H groups in total. The van der Waals surface area contributed by atoms with Crippen molar-refractivity contribution < 1.29 is 18.3 Å². The highest BCUT2D eigenvalue weighted by Gasteiger charge is 2.15. The van der Waals surface area contributed by atoms with E-state index in [1.165, 1.54) is 12.1 Å². The van der Waals surface area contributed by atoms with E-state index in [9.17, 15) is 13.6 Å². The Balaban J connectivity index is 1.61. The first kappa shape index (κ1) is 20.2. The van der Waals surface area contributed by atoms with Crippen LogP contribution in [0.4, 0.5) is 8.78 Å². The number of nitrogens with zero attached hydrogens (tertiary/aromatic N) is 3. The predicted octanol–water partition coefficient (Wildman–Crippen LogP) is 4.47. The fourth-order valence-electron chi connectivity index (χ4n) is 3.26. The number of halogens is 2. The van der Waals surface area contributed by atoms with E-state index < -0.39 is 17.5 Å². The first-order valence-corrected chi connectivity index (χ1v) is 9.41. The molecule has 2 heterocycles. The molecule has 0 aliphatic heterocycles. The summed E-state index contributed by atoms with van der Waals surface area (Å²) >= 11 is 0. The van der Waals surface area contributed by atoms with Gasteiger partial charge in [-0.2, -0.15) is 5.10 Å². The molecule has 4 aromatic rings. The van der Waals surface area contributed by atoms with Crippen molar-refractivity contribution in [3.8, 4) is 22.8 Å². The molecule has 8 heteroatoms. The lowest BCUT2D eigenvalue weighted by atomic mass is 10.1. The number of rotatable bonds is 6. The maximum absolute atomic E-state index is 13.4. The van der Waals surface area contributed by atoms with Gasteiger partial charge < -0.3 is 10.5 Å². The molecule has 2 aromatic heterocycles. The van der Waals surface area contributed by atoms with Crippen molar-refractivity contribution in [1.82, 2.24) is 14.8 Å². The third kappa shape index (κ3) is 4.42. The SMILES string of the molecule is Cc1c(Oc2ccccc2C(N)=O)ccnc1-c1cnn(Cc2cc(F)cc(F)c2)c1. The summed E-state index contributed by atoms with van der Waals surface area (Å²) in [6, 6.07) is 11.8. The predicted molar refractivity (Wildman–Crippen MR) is 111 cm³/mol. The van der Waals surface area contributed by atoms with Crippen molar-refractivity contribution in [2.45, 2.75) is 13.5 Å². The number of primary amides is 1. The van der Waals surface area contributed by atoms with Gasteiger partial charge in [-0.1, -0.05) is 12.1 Å². The van der Waals surface area contributed by atoms with Gasteiger partial charge in [-0.25, -0.2) is 8.78 Å². The van der Waals surface area contributed by atoms with Crippen LogP contribution < -0.4 is 10.5 Å². The number of benzene rings is 2. The van der Waals surface area contributed by atoms with Gasteiger partial charge >= 0.3 is 0 Å². The molecule has 156 valence electrons. The smallest absolute Gasteiger partial charge is 0.252 e. The molecule has 0 aliphatic rings. The topological polar surface area (TPSA) is 83.0 Å². The van der Waals surface area contributed by atoms with Crippen LogP contribution in [-0.2, 0) is 6.54 Å². The van der Waals surface area contributed by atoms with Crippen LogP contribution >= 0.6 is 0 Å². The molecule has 31 heavy (non-hydrogen) atoms. The van der Waals surface area contributed by atoms with Crippen LogP contribution in [0.15, 0.2) is 67.1 Å². The highest BCUT2D eigenvalue weighted by Crippen LogP contribution is 2.32. The normalized spacial score (nSPS) is 10.8. The van der Waals surface area contributed by atoms with Gasteiger partial charge in [0.15, 0.2) is 0 Å². The number of ether oxygens (including phenoxy) is 1. The molecule has 2 aromatic carbocycles. The molecular formula is C23H18F2N4O2. The van der Waals surface area contributed by atoms with E-state index in [1.807, 2.05) is 6.92 Å². The number of carbonyl (C=O) groups is 1. The molecule has 6 nitrogen and oxygen atoms in total. The molecule has 0 atom stereocenters. The summed E-state index contributed by atoms with van der Waals surface area (Å²) in [5.41, 5.74) is 8.23. The maximum Gasteiger partial charge on any atom is 0.252 e. The highest BCUT2D eigenvalue weighted by atomic mass is 19.1. The van der Waals surface area contributed by atoms with Gasteiger partial charge in [-0.15, -0.1) is 0 Å². The zero-order chi connectivity index (χ0) is 22.0. The minimum atomic E-state index is -0.638. The molecule has 4 rings (SSSR count). The van der Waals surface area contributed by atoms with Crippen molar-refractivity contribution in [2.75, 3.05) is 0 Å². The molecule has 1 amide bonds. The van der Waals surface area contributed by atoms with Gasteiger partial charge in [0.25, 0.3) is 5.91 Å². The van der Waals surface area contributed by atoms with Crippen molar-refractivity contribution in [1.29, 1.82) is 0 Å². The highest BCUT2D eigenvalue weighted by molar-refractivity contribution is 5.95. The van der Waals surface area contributed by atoms with Gasteiger partial charge in [0.05, 0.1) is 24.0 Å². The average molecular weight is 420 g/mol. The summed E-state index contributed by atoms with van der Waals surface area (Å²) in [7, 11) is 0. The molecule has 0 aliphatic carbocycles. The molecule has 0 radical (unpaired) electrons. The minimum absolute atomic E-state index is 0.204. The first-order chi connectivity index (χ1) is 14.9. The standard InChI is InChI=1S/C23H18F2N4O2/c1-14-20(31-21-5-3-2-4-19(21)23(26)30)6-7-27-22(14)16-11-28-29(13-16)12-15-8-17(24)10-18(25)9-15/h2-11,13H,12H2,1H3,(H2,26,30). The van der Waals surface area contributed by atoms with Crippen LogP contribution in [0.1, 0.15) is 21.5 Å². The number of aromatic nitrogens is 3. The van der Waals surface area contributed by atoms with E-state index in [4.69, 9.17) is 10.5 Å². The summed E-state index contributed by atoms with van der Waals surface area (Å²) in [6.45, 7) is 2.04. The van der Waals surface area contributed by atoms with E-state index >= 15 is 0 Å². The summed E-state index contributed by atoms with van der Waals surface area (Å²) in [5.74, 6) is -1.00. The minimum Gasteiger partial charge on any atom is -0.456 e. The largest absolute Gasteiger partial charge is 0.456 e. The van der Waals surface area contributed by atoms with Crippen LogP contribution in [0, 0.1) is 18.6 Å². The summed E-state index contributed by atoms with van der Waals surface area (Å²) in [6.07, 6.45) is 4.94. The van der Waals surface area contributed by atoms with Gasteiger partial charge in [0.2, 0.25) is 0 Å². The number of pyridine rings is 1. The van der Waals surface area contributed by atoms with Crippen LogP contribution in [-0.4, -0.2) is 20.7 Å². The monoisotopic (exact) mass is 420 g/mol. The fraction of sp³-hybridized carbons (Fsp3) is 0.0870. The van der Waals surface area contributed by atoms with Crippen LogP contribution in [0.25, 0.3) is 11.3 Å². The number of nitrogens with two attached hydrogens (primary N) is 1. The Morgan fingerprint density at radius 1 is 1.10 bits per heavy atom. The van der Waals surface area contributed by atoms with E-state index in [0.29, 0.717) is 28.3 Å². The molecule has 0 spiro atoms. The van der Waals surface area contributed by atoms with Crippen molar-refractivity contribution in [3.05, 3.63) is 95.4 Å². The molecule has 0 unspecified atom stereocenters. The van der Waals surface area contributed by atoms with E-state index in [1.54, 1.807) is 53.6 Å². The van der Waals surface area contributed by atoms with Crippen molar-refractivity contribution in [3.63, 3.8) is 0 Å². The lowest BCUT2D eigenvalue weighted by Gasteiger charge is -2.13. The Morgan fingerprint density at radius 2 is 1.84 bits per heavy atom. The number of carbonyl (C=O) groups excluding carboxylic acids is 1. The van der Waals surface area contributed by atoms with Crippen LogP contribution in [0.5, 0.6) is 11.5 Å². The van der Waals surface area contributed by atoms with E-state index in [2.05, 4.69) is 10.1 Å². The Hall–Kier alpha value is -4.07. The Kier molecular flexibility index (Phi) is 5.44. The summed E-state index contributed by atoms with van der Waals surface area (Å²) < 4.78 is 34.4. The van der Waals surface area contributed by atoms with Crippen molar-refractivity contribution in [2.24, 2.45) is 5.73 Å². The number of para-hydroxylation sites is 1. The number of amides is 1. The Bertz CT molecular complexity index is 1250. The lowest BCUT2D eigenvalue weighted by Crippen LogP contribution is -2.12. The van der Waals surface area contributed by atoms with Crippen molar-refractivity contribution >= 4 is 5.91 Å². The second-order valence-electron chi connectivity index (χ2n) is 6.95. The second kappa shape index (κ2) is 8.35. The van der Waals surface area contributed by atoms with Gasteiger partial charge in [0.1, 0.15) is 23.1 Å². The van der Waals surface area contributed by atoms with Gasteiger partial charge in [-0.3, -0.25) is 14.5 Å². The third-order valence-electron chi connectivity index (χ3n) is 4.70. The van der Waals surface area contributed by atoms with E-state index in [-0.39, 0.29) is 12.1 Å². The van der Waals surface area contributed by atoms with Crippen LogP contribution in [0.3, 0.4) is 0 Å². The van der Waals surface area contributed by atoms with Gasteiger partial charge in [-0.05, 0) is 42.8 Å². The van der Waals surface area contributed by atoms with Crippen LogP contribution in [0.2, 0.25) is 0 Å². The Labute approximate surface area is 176 Å². The fourth-order valence-corrected chi connectivity index (χ4v) is 3.26. The number of hydrogen-bond donors (Lipinski definition) is 1. The maximum atomic E-state index is 13.4. The summed E-state index contributed by atoms with van der Waals surface area (Å²) in [4.78, 5) is 16.1. The second-order valence-corrected chi connectivity index (χ2v) is 6.95. The van der Waals surface area contributed by atoms with E-state index in [0.717, 1.165) is 11.6 Å². The zero-order valence-corrected chi connectivity index (χ0v) is 16.5. The Morgan fingerprint density at radius 3 is 2.58 bits per heavy atom. The first-order valence-electron chi connectivity index (χ1n) is 9.41. The number of hydrogen-bond acceptors (Lipinski definition) is 4. The third-order valence-corrected chi connectivity index (χ3v) is 4.70. The lowest BCUT2D eigenvalue weighted by molar-refractivity contribution is 0.0998. The molecular weight excluding hydrogens is 402 g/mol. The molecule has 0 fully saturated rings. The van der Waals surface area contributed by atoms with Gasteiger partial charge in [0, 0.05) is 29.6 Å².